The van der Waals surface area contributed by atoms with E-state index in [2.05, 4.69) is 15.6 Å². The van der Waals surface area contributed by atoms with Gasteiger partial charge in [0.05, 0.1) is 17.8 Å². The van der Waals surface area contributed by atoms with Gasteiger partial charge in [0, 0.05) is 11.9 Å². The second-order valence-electron chi connectivity index (χ2n) is 4.54. The molecule has 1 aromatic heterocycles. The molecule has 5 nitrogen and oxygen atoms in total. The summed E-state index contributed by atoms with van der Waals surface area (Å²) in [5.41, 5.74) is -0.477. The molecule has 120 valence electrons. The summed E-state index contributed by atoms with van der Waals surface area (Å²) in [6.07, 6.45) is -2.99. The number of hydrogen-bond donors (Lipinski definition) is 2. The summed E-state index contributed by atoms with van der Waals surface area (Å²) in [5.74, 6) is -2.02. The van der Waals surface area contributed by atoms with Crippen molar-refractivity contribution in [1.82, 2.24) is 10.3 Å². The smallest absolute Gasteiger partial charge is 0.342 e. The fraction of sp³-hybridized carbons (Fsp3) is 0.133. The number of rotatable bonds is 3. The van der Waals surface area contributed by atoms with E-state index in [4.69, 9.17) is 0 Å². The molecule has 2 aromatic rings. The van der Waals surface area contributed by atoms with Gasteiger partial charge in [-0.2, -0.15) is 13.2 Å². The van der Waals surface area contributed by atoms with Crippen molar-refractivity contribution in [2.24, 2.45) is 0 Å². The van der Waals surface area contributed by atoms with Crippen LogP contribution in [0.15, 0.2) is 48.7 Å². The number of carbonyl (C=O) groups is 2. The van der Waals surface area contributed by atoms with E-state index in [1.165, 1.54) is 12.3 Å². The first kappa shape index (κ1) is 16.5. The average Bonchev–Trinajstić information content (AvgIpc) is 2.53. The van der Waals surface area contributed by atoms with Crippen LogP contribution in [0.2, 0.25) is 0 Å². The zero-order valence-corrected chi connectivity index (χ0v) is 11.7. The lowest BCUT2D eigenvalue weighted by Gasteiger charge is -2.10. The SMILES string of the molecule is O=C(NCc1ccccn1)C(=O)Nc1cccc(C(F)(F)F)c1. The maximum absolute atomic E-state index is 12.6. The minimum atomic E-state index is -4.53. The van der Waals surface area contributed by atoms with E-state index in [0.717, 1.165) is 18.2 Å². The van der Waals surface area contributed by atoms with Crippen LogP contribution in [0.25, 0.3) is 0 Å². The number of anilines is 1. The topological polar surface area (TPSA) is 71.1 Å². The lowest BCUT2D eigenvalue weighted by molar-refractivity contribution is -0.137. The Kier molecular flexibility index (Phi) is 4.95. The summed E-state index contributed by atoms with van der Waals surface area (Å²) < 4.78 is 37.7. The van der Waals surface area contributed by atoms with Crippen LogP contribution in [0.3, 0.4) is 0 Å². The number of amides is 2. The lowest BCUT2D eigenvalue weighted by atomic mass is 10.2. The van der Waals surface area contributed by atoms with Gasteiger partial charge in [0.15, 0.2) is 0 Å². The number of aromatic nitrogens is 1. The fourth-order valence-electron chi connectivity index (χ4n) is 1.71. The fourth-order valence-corrected chi connectivity index (χ4v) is 1.71. The third kappa shape index (κ3) is 4.80. The molecule has 0 unspecified atom stereocenters. The first-order valence-electron chi connectivity index (χ1n) is 6.52. The standard InChI is InChI=1S/C15H12F3N3O2/c16-15(17,18)10-4-3-6-11(8-10)21-14(23)13(22)20-9-12-5-1-2-7-19-12/h1-8H,9H2,(H,20,22)(H,21,23). The van der Waals surface area contributed by atoms with Crippen LogP contribution in [-0.4, -0.2) is 16.8 Å². The van der Waals surface area contributed by atoms with E-state index >= 15 is 0 Å². The zero-order valence-electron chi connectivity index (χ0n) is 11.7. The number of pyridine rings is 1. The number of nitrogens with one attached hydrogen (secondary N) is 2. The van der Waals surface area contributed by atoms with E-state index in [0.29, 0.717) is 5.69 Å². The third-order valence-electron chi connectivity index (χ3n) is 2.81. The van der Waals surface area contributed by atoms with Crippen molar-refractivity contribution >= 4 is 17.5 Å². The Hall–Kier alpha value is -2.90. The molecule has 2 amide bonds. The van der Waals surface area contributed by atoms with Crippen molar-refractivity contribution < 1.29 is 22.8 Å². The molecule has 23 heavy (non-hydrogen) atoms. The van der Waals surface area contributed by atoms with Gasteiger partial charge in [-0.3, -0.25) is 14.6 Å². The number of nitrogens with zero attached hydrogens (tertiary/aromatic N) is 1. The van der Waals surface area contributed by atoms with Crippen LogP contribution in [0, 0.1) is 0 Å². The second kappa shape index (κ2) is 6.91. The molecule has 2 N–H and O–H groups in total. The maximum Gasteiger partial charge on any atom is 0.416 e. The summed E-state index contributed by atoms with van der Waals surface area (Å²) in [7, 11) is 0. The highest BCUT2D eigenvalue weighted by Crippen LogP contribution is 2.30. The van der Waals surface area contributed by atoms with Crippen molar-refractivity contribution in [3.05, 3.63) is 59.9 Å². The molecule has 0 fully saturated rings. The Balaban J connectivity index is 1.95. The molecule has 0 spiro atoms. The van der Waals surface area contributed by atoms with Gasteiger partial charge < -0.3 is 10.6 Å². The monoisotopic (exact) mass is 323 g/mol. The Bertz CT molecular complexity index is 703. The van der Waals surface area contributed by atoms with Crippen molar-refractivity contribution in [3.8, 4) is 0 Å². The molecule has 1 aromatic carbocycles. The highest BCUT2D eigenvalue weighted by molar-refractivity contribution is 6.39. The highest BCUT2D eigenvalue weighted by Gasteiger charge is 2.30. The van der Waals surface area contributed by atoms with E-state index in [-0.39, 0.29) is 12.2 Å². The second-order valence-corrected chi connectivity index (χ2v) is 4.54. The summed E-state index contributed by atoms with van der Waals surface area (Å²) in [4.78, 5) is 27.3. The molecular weight excluding hydrogens is 311 g/mol. The molecule has 0 aliphatic carbocycles. The van der Waals surface area contributed by atoms with Gasteiger partial charge in [-0.05, 0) is 30.3 Å². The van der Waals surface area contributed by atoms with Gasteiger partial charge in [0.25, 0.3) is 0 Å². The predicted molar refractivity (Wildman–Crippen MR) is 76.2 cm³/mol. The molecule has 0 bridgehead atoms. The molecule has 0 atom stereocenters. The van der Waals surface area contributed by atoms with Crippen molar-refractivity contribution in [2.45, 2.75) is 12.7 Å². The molecule has 8 heteroatoms. The van der Waals surface area contributed by atoms with Crippen LogP contribution < -0.4 is 10.6 Å². The molecule has 1 heterocycles. The summed E-state index contributed by atoms with van der Waals surface area (Å²) in [6, 6.07) is 9.11. The van der Waals surface area contributed by atoms with Gasteiger partial charge in [-0.25, -0.2) is 0 Å². The molecule has 0 saturated heterocycles. The summed E-state index contributed by atoms with van der Waals surface area (Å²) >= 11 is 0. The zero-order chi connectivity index (χ0) is 16.9. The molecule has 0 aliphatic rings. The molecular formula is C15H12F3N3O2. The number of carbonyl (C=O) groups excluding carboxylic acids is 2. The number of alkyl halides is 3. The lowest BCUT2D eigenvalue weighted by Crippen LogP contribution is -2.35. The molecule has 0 saturated carbocycles. The van der Waals surface area contributed by atoms with Crippen molar-refractivity contribution in [1.29, 1.82) is 0 Å². The van der Waals surface area contributed by atoms with Crippen LogP contribution in [0.1, 0.15) is 11.3 Å². The Morgan fingerprint density at radius 1 is 1.04 bits per heavy atom. The van der Waals surface area contributed by atoms with Gasteiger partial charge in [-0.1, -0.05) is 12.1 Å². The average molecular weight is 323 g/mol. The maximum atomic E-state index is 12.6. The van der Waals surface area contributed by atoms with Crippen LogP contribution in [0.5, 0.6) is 0 Å². The van der Waals surface area contributed by atoms with E-state index in [9.17, 15) is 22.8 Å². The van der Waals surface area contributed by atoms with Crippen LogP contribution in [0.4, 0.5) is 18.9 Å². The van der Waals surface area contributed by atoms with Gasteiger partial charge in [0.1, 0.15) is 0 Å². The van der Waals surface area contributed by atoms with Gasteiger partial charge in [0.2, 0.25) is 0 Å². The van der Waals surface area contributed by atoms with Crippen molar-refractivity contribution in [3.63, 3.8) is 0 Å². The normalized spacial score (nSPS) is 10.9. The third-order valence-corrected chi connectivity index (χ3v) is 2.81. The van der Waals surface area contributed by atoms with Crippen molar-refractivity contribution in [2.75, 3.05) is 5.32 Å². The minimum Gasteiger partial charge on any atom is -0.342 e. The first-order chi connectivity index (χ1) is 10.9. The van der Waals surface area contributed by atoms with Crippen LogP contribution in [-0.2, 0) is 22.3 Å². The summed E-state index contributed by atoms with van der Waals surface area (Å²) in [6.45, 7) is 0.0374. The number of hydrogen-bond acceptors (Lipinski definition) is 3. The predicted octanol–water partition coefficient (Wildman–Crippen LogP) is 2.36. The minimum absolute atomic E-state index is 0.0374. The Morgan fingerprint density at radius 3 is 2.48 bits per heavy atom. The van der Waals surface area contributed by atoms with Gasteiger partial charge in [-0.15, -0.1) is 0 Å². The largest absolute Gasteiger partial charge is 0.416 e. The quantitative estimate of drug-likeness (QED) is 0.852. The highest BCUT2D eigenvalue weighted by atomic mass is 19.4. The molecule has 0 radical (unpaired) electrons. The molecule has 0 aliphatic heterocycles. The number of halogens is 3. The molecule has 2 rings (SSSR count). The van der Waals surface area contributed by atoms with E-state index < -0.39 is 23.6 Å². The van der Waals surface area contributed by atoms with E-state index in [1.807, 2.05) is 0 Å². The van der Waals surface area contributed by atoms with E-state index in [1.54, 1.807) is 18.2 Å². The van der Waals surface area contributed by atoms with Crippen LogP contribution >= 0.6 is 0 Å². The van der Waals surface area contributed by atoms with Gasteiger partial charge >= 0.3 is 18.0 Å². The first-order valence-corrected chi connectivity index (χ1v) is 6.52. The number of benzene rings is 1. The Morgan fingerprint density at radius 2 is 1.83 bits per heavy atom. The summed E-state index contributed by atoms with van der Waals surface area (Å²) in [5, 5.41) is 4.45. The Labute approximate surface area is 129 Å².